The smallest absolute Gasteiger partial charge is 0.139 e. The summed E-state index contributed by atoms with van der Waals surface area (Å²) in [6, 6.07) is 1.86. The monoisotopic (exact) mass is 227 g/mol. The average molecular weight is 227 g/mol. The molecule has 0 atom stereocenters. The molecule has 1 fully saturated rings. The highest BCUT2D eigenvalue weighted by atomic mass is 32.1. The Morgan fingerprint density at radius 2 is 2.47 bits per heavy atom. The highest BCUT2D eigenvalue weighted by Gasteiger charge is 2.20. The summed E-state index contributed by atoms with van der Waals surface area (Å²) in [5.41, 5.74) is 5.51. The molecular formula is C10H17N3OS. The van der Waals surface area contributed by atoms with Gasteiger partial charge in [0.25, 0.3) is 0 Å². The van der Waals surface area contributed by atoms with Crippen LogP contribution in [-0.4, -0.2) is 24.1 Å². The number of anilines is 2. The second kappa shape index (κ2) is 5.32. The van der Waals surface area contributed by atoms with Gasteiger partial charge in [-0.3, -0.25) is 0 Å². The Morgan fingerprint density at radius 1 is 1.60 bits per heavy atom. The van der Waals surface area contributed by atoms with Crippen molar-refractivity contribution in [2.24, 2.45) is 5.92 Å². The van der Waals surface area contributed by atoms with E-state index < -0.39 is 0 Å². The molecule has 1 aliphatic carbocycles. The van der Waals surface area contributed by atoms with E-state index in [9.17, 15) is 0 Å². The molecule has 1 aromatic rings. The van der Waals surface area contributed by atoms with Gasteiger partial charge in [-0.2, -0.15) is 4.37 Å². The first-order valence-electron chi connectivity index (χ1n) is 5.38. The van der Waals surface area contributed by atoms with E-state index >= 15 is 0 Å². The molecule has 0 bridgehead atoms. The fourth-order valence-electron chi connectivity index (χ4n) is 1.29. The van der Waals surface area contributed by atoms with Gasteiger partial charge in [0.15, 0.2) is 0 Å². The van der Waals surface area contributed by atoms with Crippen LogP contribution in [0.3, 0.4) is 0 Å². The first-order chi connectivity index (χ1) is 7.34. The number of nitrogens with one attached hydrogen (secondary N) is 1. The average Bonchev–Trinajstić information content (AvgIpc) is 2.95. The predicted molar refractivity (Wildman–Crippen MR) is 63.2 cm³/mol. The van der Waals surface area contributed by atoms with Crippen LogP contribution in [0.25, 0.3) is 0 Å². The van der Waals surface area contributed by atoms with Gasteiger partial charge in [-0.05, 0) is 36.7 Å². The molecule has 1 aromatic heterocycles. The molecule has 84 valence electrons. The largest absolute Gasteiger partial charge is 0.383 e. The third-order valence-corrected chi connectivity index (χ3v) is 3.10. The van der Waals surface area contributed by atoms with Crippen molar-refractivity contribution >= 4 is 22.4 Å². The minimum Gasteiger partial charge on any atom is -0.383 e. The summed E-state index contributed by atoms with van der Waals surface area (Å²) >= 11 is 1.40. The molecule has 0 aliphatic heterocycles. The summed E-state index contributed by atoms with van der Waals surface area (Å²) in [5.74, 6) is 1.45. The van der Waals surface area contributed by atoms with Gasteiger partial charge in [0.05, 0.1) is 0 Å². The second-order valence-corrected chi connectivity index (χ2v) is 4.72. The zero-order valence-corrected chi connectivity index (χ0v) is 9.55. The SMILES string of the molecule is Nc1cc(NCCCOCC2CC2)sn1. The summed E-state index contributed by atoms with van der Waals surface area (Å²) in [6.07, 6.45) is 3.75. The number of hydrogen-bond donors (Lipinski definition) is 2. The Labute approximate surface area is 94.0 Å². The van der Waals surface area contributed by atoms with Crippen LogP contribution in [0.15, 0.2) is 6.07 Å². The number of aromatic nitrogens is 1. The molecule has 5 heteroatoms. The van der Waals surface area contributed by atoms with E-state index in [1.807, 2.05) is 6.07 Å². The van der Waals surface area contributed by atoms with Crippen LogP contribution < -0.4 is 11.1 Å². The molecule has 0 aromatic carbocycles. The Balaban J connectivity index is 1.47. The van der Waals surface area contributed by atoms with Crippen molar-refractivity contribution in [3.63, 3.8) is 0 Å². The maximum Gasteiger partial charge on any atom is 0.139 e. The fraction of sp³-hybridized carbons (Fsp3) is 0.700. The molecule has 2 rings (SSSR count). The van der Waals surface area contributed by atoms with Crippen molar-refractivity contribution in [3.8, 4) is 0 Å². The lowest BCUT2D eigenvalue weighted by atomic mass is 10.4. The van der Waals surface area contributed by atoms with E-state index in [-0.39, 0.29) is 0 Å². The van der Waals surface area contributed by atoms with Crippen LogP contribution in [0.4, 0.5) is 10.8 Å². The van der Waals surface area contributed by atoms with Crippen LogP contribution in [0, 0.1) is 5.92 Å². The van der Waals surface area contributed by atoms with Gasteiger partial charge in [0.1, 0.15) is 10.8 Å². The van der Waals surface area contributed by atoms with Gasteiger partial charge in [-0.25, -0.2) is 0 Å². The topological polar surface area (TPSA) is 60.2 Å². The Morgan fingerprint density at radius 3 is 3.13 bits per heavy atom. The summed E-state index contributed by atoms with van der Waals surface area (Å²) in [7, 11) is 0. The Kier molecular flexibility index (Phi) is 3.80. The molecule has 1 heterocycles. The number of rotatable bonds is 7. The number of nitrogens with zero attached hydrogens (tertiary/aromatic N) is 1. The quantitative estimate of drug-likeness (QED) is 0.699. The molecular weight excluding hydrogens is 210 g/mol. The maximum atomic E-state index is 5.52. The van der Waals surface area contributed by atoms with Gasteiger partial charge in [-0.1, -0.05) is 0 Å². The molecule has 0 amide bonds. The van der Waals surface area contributed by atoms with Gasteiger partial charge >= 0.3 is 0 Å². The second-order valence-electron chi connectivity index (χ2n) is 3.91. The number of nitrogens with two attached hydrogens (primary N) is 1. The van der Waals surface area contributed by atoms with Crippen LogP contribution in [0.5, 0.6) is 0 Å². The van der Waals surface area contributed by atoms with Gasteiger partial charge in [-0.15, -0.1) is 0 Å². The van der Waals surface area contributed by atoms with Gasteiger partial charge < -0.3 is 15.8 Å². The van der Waals surface area contributed by atoms with E-state index in [0.717, 1.165) is 37.1 Å². The molecule has 0 unspecified atom stereocenters. The molecule has 1 aliphatic rings. The predicted octanol–water partition coefficient (Wildman–Crippen LogP) is 1.95. The van der Waals surface area contributed by atoms with Crippen molar-refractivity contribution in [2.45, 2.75) is 19.3 Å². The third kappa shape index (κ3) is 4.05. The highest BCUT2D eigenvalue weighted by Crippen LogP contribution is 2.28. The normalized spacial score (nSPS) is 15.5. The van der Waals surface area contributed by atoms with E-state index in [4.69, 9.17) is 10.5 Å². The zero-order valence-electron chi connectivity index (χ0n) is 8.74. The minimum atomic E-state index is 0.590. The van der Waals surface area contributed by atoms with Crippen molar-refractivity contribution in [1.29, 1.82) is 0 Å². The lowest BCUT2D eigenvalue weighted by molar-refractivity contribution is 0.124. The molecule has 3 N–H and O–H groups in total. The molecule has 4 nitrogen and oxygen atoms in total. The third-order valence-electron chi connectivity index (χ3n) is 2.34. The van der Waals surface area contributed by atoms with Crippen LogP contribution in [0.1, 0.15) is 19.3 Å². The van der Waals surface area contributed by atoms with Crippen molar-refractivity contribution in [3.05, 3.63) is 6.07 Å². The van der Waals surface area contributed by atoms with Crippen LogP contribution >= 0.6 is 11.5 Å². The minimum absolute atomic E-state index is 0.590. The molecule has 0 saturated heterocycles. The van der Waals surface area contributed by atoms with Crippen LogP contribution in [0.2, 0.25) is 0 Å². The zero-order chi connectivity index (χ0) is 10.5. The molecule has 0 spiro atoms. The summed E-state index contributed by atoms with van der Waals surface area (Å²) in [4.78, 5) is 0. The first kappa shape index (κ1) is 10.7. The van der Waals surface area contributed by atoms with E-state index in [1.54, 1.807) is 0 Å². The molecule has 1 saturated carbocycles. The Hall–Kier alpha value is -0.810. The number of nitrogen functional groups attached to an aromatic ring is 1. The fourth-order valence-corrected chi connectivity index (χ4v) is 1.89. The summed E-state index contributed by atoms with van der Waals surface area (Å²) in [6.45, 7) is 2.72. The lowest BCUT2D eigenvalue weighted by Crippen LogP contribution is -2.06. The van der Waals surface area contributed by atoms with Crippen molar-refractivity contribution in [2.75, 3.05) is 30.8 Å². The number of ether oxygens (including phenoxy) is 1. The van der Waals surface area contributed by atoms with Gasteiger partial charge in [0.2, 0.25) is 0 Å². The highest BCUT2D eigenvalue weighted by molar-refractivity contribution is 7.10. The van der Waals surface area contributed by atoms with Crippen LogP contribution in [-0.2, 0) is 4.74 Å². The number of hydrogen-bond acceptors (Lipinski definition) is 5. The standard InChI is InChI=1S/C10H17N3OS/c11-9-6-10(15-13-9)12-4-1-5-14-7-8-2-3-8/h6,8,12H,1-5,7H2,(H2,11,13). The van der Waals surface area contributed by atoms with E-state index in [1.165, 1.54) is 24.4 Å². The summed E-state index contributed by atoms with van der Waals surface area (Å²) < 4.78 is 9.51. The molecule has 15 heavy (non-hydrogen) atoms. The Bertz CT molecular complexity index is 299. The maximum absolute atomic E-state index is 5.52. The van der Waals surface area contributed by atoms with Crippen molar-refractivity contribution in [1.82, 2.24) is 4.37 Å². The van der Waals surface area contributed by atoms with E-state index in [0.29, 0.717) is 5.82 Å². The van der Waals surface area contributed by atoms with Gasteiger partial charge in [0, 0.05) is 25.8 Å². The lowest BCUT2D eigenvalue weighted by Gasteiger charge is -2.03. The first-order valence-corrected chi connectivity index (χ1v) is 6.16. The van der Waals surface area contributed by atoms with Crippen molar-refractivity contribution < 1.29 is 4.74 Å². The molecule has 0 radical (unpaired) electrons. The summed E-state index contributed by atoms with van der Waals surface area (Å²) in [5, 5.41) is 4.30. The van der Waals surface area contributed by atoms with E-state index in [2.05, 4.69) is 9.69 Å².